The fraction of sp³-hybridized carbons (Fsp3) is 0.286. The number of nitrogens with zero attached hydrogens (tertiary/aromatic N) is 6. The van der Waals surface area contributed by atoms with Gasteiger partial charge >= 0.3 is 5.69 Å². The Balaban J connectivity index is 1.76. The van der Waals surface area contributed by atoms with Crippen molar-refractivity contribution in [2.24, 2.45) is 0 Å². The molecule has 2 N–H and O–H groups in total. The lowest BCUT2D eigenvalue weighted by molar-refractivity contribution is -0.383. The zero-order chi connectivity index (χ0) is 22.7. The Hall–Kier alpha value is -3.50. The molecule has 1 aromatic carbocycles. The molecule has 32 heavy (non-hydrogen) atoms. The molecule has 10 nitrogen and oxygen atoms in total. The maximum atomic E-state index is 12.1. The van der Waals surface area contributed by atoms with Crippen LogP contribution < -0.4 is 10.2 Å². The van der Waals surface area contributed by atoms with Gasteiger partial charge in [-0.1, -0.05) is 29.8 Å². The number of aryl methyl sites for hydroxylation is 1. The van der Waals surface area contributed by atoms with Gasteiger partial charge < -0.3 is 15.1 Å². The molecule has 3 heterocycles. The van der Waals surface area contributed by atoms with Crippen LogP contribution in [-0.4, -0.2) is 63.2 Å². The van der Waals surface area contributed by atoms with Crippen molar-refractivity contribution < 1.29 is 4.92 Å². The van der Waals surface area contributed by atoms with Crippen molar-refractivity contribution >= 4 is 46.9 Å². The van der Waals surface area contributed by atoms with Crippen LogP contribution in [0, 0.1) is 17.0 Å². The van der Waals surface area contributed by atoms with Gasteiger partial charge in [-0.15, -0.1) is 0 Å². The van der Waals surface area contributed by atoms with Crippen molar-refractivity contribution in [3.05, 3.63) is 62.6 Å². The summed E-state index contributed by atoms with van der Waals surface area (Å²) >= 11 is 5.95. The molecule has 0 unspecified atom stereocenters. The van der Waals surface area contributed by atoms with Gasteiger partial charge in [-0.05, 0) is 37.7 Å². The summed E-state index contributed by atoms with van der Waals surface area (Å²) in [5.74, 6) is 1.19. The molecule has 4 rings (SSSR count). The minimum Gasteiger partial charge on any atom is -0.348 e. The summed E-state index contributed by atoms with van der Waals surface area (Å²) in [5, 5.41) is 22.6. The van der Waals surface area contributed by atoms with Gasteiger partial charge in [0, 0.05) is 43.0 Å². The van der Waals surface area contributed by atoms with Crippen molar-refractivity contribution in [1.82, 2.24) is 25.1 Å². The minimum absolute atomic E-state index is 0.0983. The largest absolute Gasteiger partial charge is 0.353 e. The fourth-order valence-corrected chi connectivity index (χ4v) is 3.50. The molecule has 0 atom stereocenters. The Labute approximate surface area is 190 Å². The number of hydrogen-bond donors (Lipinski definition) is 2. The average molecular weight is 455 g/mol. The number of hydrogen-bond acceptors (Lipinski definition) is 8. The molecule has 0 bridgehead atoms. The lowest BCUT2D eigenvalue weighted by Gasteiger charge is -2.33. The number of halogens is 1. The van der Waals surface area contributed by atoms with E-state index in [1.807, 2.05) is 37.1 Å². The molecule has 0 aliphatic carbocycles. The molecule has 0 radical (unpaired) electrons. The van der Waals surface area contributed by atoms with Crippen LogP contribution in [0.25, 0.3) is 12.2 Å². The Bertz CT molecular complexity index is 1140. The summed E-state index contributed by atoms with van der Waals surface area (Å²) in [5.41, 5.74) is 1.57. The monoisotopic (exact) mass is 454 g/mol. The predicted octanol–water partition coefficient (Wildman–Crippen LogP) is 3.74. The molecular formula is C21H23ClN8O2. The lowest BCUT2D eigenvalue weighted by Crippen LogP contribution is -2.45. The molecule has 0 amide bonds. The number of likely N-dealkylation sites (N-methyl/N-ethyl adjacent to an activating group) is 1. The SMILES string of the molecule is Cc1cc(Nc2nc(C=Cc3ccc(Cl)cc3)nc(N3CCN(C)CC3)c2[N+](=O)[O-])n[nH]1. The van der Waals surface area contributed by atoms with Crippen molar-refractivity contribution in [2.45, 2.75) is 6.92 Å². The third kappa shape index (κ3) is 5.04. The van der Waals surface area contributed by atoms with Gasteiger partial charge in [0.15, 0.2) is 11.6 Å². The van der Waals surface area contributed by atoms with Crippen LogP contribution in [0.4, 0.5) is 23.1 Å². The first-order chi connectivity index (χ1) is 15.4. The standard InChI is InChI=1S/C21H23ClN8O2/c1-14-13-18(27-26-14)24-20-19(30(31)32)21(29-11-9-28(2)10-12-29)25-17(23-20)8-5-15-3-6-16(22)7-4-15/h3-8,13H,9-12H2,1-2H3,(H2,23,24,25,26,27). The van der Waals surface area contributed by atoms with Gasteiger partial charge in [-0.25, -0.2) is 9.97 Å². The minimum atomic E-state index is -0.442. The third-order valence-electron chi connectivity index (χ3n) is 5.12. The summed E-state index contributed by atoms with van der Waals surface area (Å²) in [6, 6.07) is 9.08. The highest BCUT2D eigenvalue weighted by molar-refractivity contribution is 6.30. The highest BCUT2D eigenvalue weighted by Gasteiger charge is 2.30. The summed E-state index contributed by atoms with van der Waals surface area (Å²) in [6.07, 6.45) is 3.57. The van der Waals surface area contributed by atoms with E-state index in [0.29, 0.717) is 35.6 Å². The molecular weight excluding hydrogens is 432 g/mol. The number of anilines is 3. The Morgan fingerprint density at radius 1 is 1.16 bits per heavy atom. The highest BCUT2D eigenvalue weighted by atomic mass is 35.5. The van der Waals surface area contributed by atoms with Crippen LogP contribution in [0.5, 0.6) is 0 Å². The number of benzene rings is 1. The van der Waals surface area contributed by atoms with Gasteiger partial charge in [0.25, 0.3) is 0 Å². The number of aromatic amines is 1. The first-order valence-electron chi connectivity index (χ1n) is 10.1. The average Bonchev–Trinajstić information content (AvgIpc) is 3.18. The third-order valence-corrected chi connectivity index (χ3v) is 5.37. The van der Waals surface area contributed by atoms with Crippen molar-refractivity contribution in [1.29, 1.82) is 0 Å². The van der Waals surface area contributed by atoms with E-state index in [0.717, 1.165) is 24.3 Å². The van der Waals surface area contributed by atoms with Crippen molar-refractivity contribution in [2.75, 3.05) is 43.4 Å². The number of nitrogens with one attached hydrogen (secondary N) is 2. The van der Waals surface area contributed by atoms with E-state index < -0.39 is 4.92 Å². The van der Waals surface area contributed by atoms with E-state index in [4.69, 9.17) is 11.6 Å². The fourth-order valence-electron chi connectivity index (χ4n) is 3.38. The molecule has 1 fully saturated rings. The molecule has 0 saturated carbocycles. The van der Waals surface area contributed by atoms with Crippen molar-refractivity contribution in [3.8, 4) is 0 Å². The smallest absolute Gasteiger partial charge is 0.348 e. The Kier molecular flexibility index (Phi) is 6.33. The van der Waals surface area contributed by atoms with Crippen LogP contribution in [0.1, 0.15) is 17.1 Å². The predicted molar refractivity (Wildman–Crippen MR) is 125 cm³/mol. The van der Waals surface area contributed by atoms with Gasteiger partial charge in [-0.2, -0.15) is 5.10 Å². The topological polar surface area (TPSA) is 116 Å². The normalized spacial score (nSPS) is 14.8. The van der Waals surface area contributed by atoms with Gasteiger partial charge in [0.1, 0.15) is 0 Å². The lowest BCUT2D eigenvalue weighted by atomic mass is 10.2. The molecule has 3 aromatic rings. The quantitative estimate of drug-likeness (QED) is 0.427. The number of rotatable bonds is 6. The second-order valence-electron chi connectivity index (χ2n) is 7.60. The maximum absolute atomic E-state index is 12.1. The second kappa shape index (κ2) is 9.33. The van der Waals surface area contributed by atoms with E-state index in [-0.39, 0.29) is 11.5 Å². The van der Waals surface area contributed by atoms with E-state index in [1.165, 1.54) is 0 Å². The van der Waals surface area contributed by atoms with Gasteiger partial charge in [-0.3, -0.25) is 15.2 Å². The maximum Gasteiger partial charge on any atom is 0.353 e. The van der Waals surface area contributed by atoms with Crippen molar-refractivity contribution in [3.63, 3.8) is 0 Å². The van der Waals surface area contributed by atoms with Crippen LogP contribution in [0.3, 0.4) is 0 Å². The highest BCUT2D eigenvalue weighted by Crippen LogP contribution is 2.35. The second-order valence-corrected chi connectivity index (χ2v) is 8.03. The molecule has 166 valence electrons. The van der Waals surface area contributed by atoms with E-state index in [9.17, 15) is 10.1 Å². The van der Waals surface area contributed by atoms with Crippen LogP contribution in [0.2, 0.25) is 5.02 Å². The zero-order valence-corrected chi connectivity index (χ0v) is 18.5. The molecule has 2 aromatic heterocycles. The van der Waals surface area contributed by atoms with Gasteiger partial charge in [0.2, 0.25) is 11.6 Å². The van der Waals surface area contributed by atoms with E-state index in [1.54, 1.807) is 24.3 Å². The molecule has 1 aliphatic heterocycles. The van der Waals surface area contributed by atoms with Crippen LogP contribution in [-0.2, 0) is 0 Å². The Morgan fingerprint density at radius 2 is 1.88 bits per heavy atom. The molecule has 0 spiro atoms. The number of aromatic nitrogens is 4. The summed E-state index contributed by atoms with van der Waals surface area (Å²) < 4.78 is 0. The summed E-state index contributed by atoms with van der Waals surface area (Å²) in [7, 11) is 2.03. The van der Waals surface area contributed by atoms with Crippen LogP contribution >= 0.6 is 11.6 Å². The summed E-state index contributed by atoms with van der Waals surface area (Å²) in [4.78, 5) is 24.7. The Morgan fingerprint density at radius 3 is 2.50 bits per heavy atom. The molecule has 1 saturated heterocycles. The first-order valence-corrected chi connectivity index (χ1v) is 10.5. The zero-order valence-electron chi connectivity index (χ0n) is 17.7. The summed E-state index contributed by atoms with van der Waals surface area (Å²) in [6.45, 7) is 4.70. The molecule has 11 heteroatoms. The first kappa shape index (κ1) is 21.7. The van der Waals surface area contributed by atoms with E-state index >= 15 is 0 Å². The molecule has 1 aliphatic rings. The van der Waals surface area contributed by atoms with E-state index in [2.05, 4.69) is 30.4 Å². The number of H-pyrrole nitrogens is 1. The van der Waals surface area contributed by atoms with Crippen LogP contribution in [0.15, 0.2) is 30.3 Å². The number of nitro groups is 1. The number of piperazine rings is 1. The van der Waals surface area contributed by atoms with Gasteiger partial charge in [0.05, 0.1) is 4.92 Å².